The van der Waals surface area contributed by atoms with Crippen molar-refractivity contribution in [3.63, 3.8) is 0 Å². The Hall–Kier alpha value is -2.82. The van der Waals surface area contributed by atoms with Crippen LogP contribution in [0.5, 0.6) is 17.2 Å². The van der Waals surface area contributed by atoms with Gasteiger partial charge in [-0.25, -0.2) is 0 Å². The predicted molar refractivity (Wildman–Crippen MR) is 85.4 cm³/mol. The Morgan fingerprint density at radius 3 is 2.21 bits per heavy atom. The summed E-state index contributed by atoms with van der Waals surface area (Å²) in [6, 6.07) is 13.0. The topological polar surface area (TPSA) is 61.8 Å². The summed E-state index contributed by atoms with van der Waals surface area (Å²) in [5, 5.41) is 0. The van der Waals surface area contributed by atoms with Gasteiger partial charge in [0.2, 0.25) is 0 Å². The van der Waals surface area contributed by atoms with E-state index in [0.717, 1.165) is 11.1 Å². The van der Waals surface area contributed by atoms with Crippen LogP contribution in [0, 0.1) is 0 Å². The highest BCUT2D eigenvalue weighted by molar-refractivity contribution is 5.80. The lowest BCUT2D eigenvalue weighted by Crippen LogP contribution is -2.29. The molecular formula is C19H16O5. The van der Waals surface area contributed by atoms with Crippen molar-refractivity contribution in [2.75, 3.05) is 7.11 Å². The maximum absolute atomic E-state index is 12.1. The molecule has 0 aromatic heterocycles. The molecule has 0 bridgehead atoms. The highest BCUT2D eigenvalue weighted by atomic mass is 16.5. The molecule has 122 valence electrons. The molecular weight excluding hydrogens is 308 g/mol. The van der Waals surface area contributed by atoms with E-state index in [-0.39, 0.29) is 36.6 Å². The zero-order valence-corrected chi connectivity index (χ0v) is 13.2. The van der Waals surface area contributed by atoms with Crippen LogP contribution >= 0.6 is 0 Å². The van der Waals surface area contributed by atoms with Crippen LogP contribution in [0.3, 0.4) is 0 Å². The van der Waals surface area contributed by atoms with Crippen LogP contribution in [0.2, 0.25) is 0 Å². The van der Waals surface area contributed by atoms with Crippen molar-refractivity contribution in [2.45, 2.75) is 24.7 Å². The Morgan fingerprint density at radius 1 is 0.875 bits per heavy atom. The molecule has 0 spiro atoms. The average molecular weight is 324 g/mol. The third kappa shape index (κ3) is 2.42. The molecule has 2 atom stereocenters. The number of fused-ring (bicyclic) bond motifs is 2. The summed E-state index contributed by atoms with van der Waals surface area (Å²) in [4.78, 5) is 24.1. The summed E-state index contributed by atoms with van der Waals surface area (Å²) in [6.07, 6.45) is 0.492. The summed E-state index contributed by atoms with van der Waals surface area (Å²) in [5.74, 6) is 0.916. The molecule has 5 heteroatoms. The van der Waals surface area contributed by atoms with Crippen molar-refractivity contribution >= 4 is 11.9 Å². The first-order valence-corrected chi connectivity index (χ1v) is 7.84. The predicted octanol–water partition coefficient (Wildman–Crippen LogP) is 3.18. The van der Waals surface area contributed by atoms with Gasteiger partial charge in [-0.1, -0.05) is 24.3 Å². The van der Waals surface area contributed by atoms with Crippen molar-refractivity contribution in [1.29, 1.82) is 0 Å². The molecule has 0 aliphatic carbocycles. The Balaban J connectivity index is 1.80. The normalized spacial score (nSPS) is 22.0. The van der Waals surface area contributed by atoms with E-state index in [9.17, 15) is 9.59 Å². The Morgan fingerprint density at radius 2 is 1.50 bits per heavy atom. The first-order valence-electron chi connectivity index (χ1n) is 7.84. The van der Waals surface area contributed by atoms with Gasteiger partial charge in [0, 0.05) is 17.9 Å². The van der Waals surface area contributed by atoms with E-state index in [1.807, 2.05) is 30.3 Å². The Bertz CT molecular complexity index is 826. The molecule has 0 amide bonds. The summed E-state index contributed by atoms with van der Waals surface area (Å²) in [6.45, 7) is 0. The number of hydrogen-bond donors (Lipinski definition) is 0. The molecule has 4 rings (SSSR count). The minimum atomic E-state index is -0.294. The standard InChI is InChI=1S/C19H16O5/c1-22-11-6-7-13-15(10-19(21)24-17(13)8-11)14-9-18(20)23-16-5-3-2-4-12(14)16/h2-8,14-15H,9-10H2,1H3. The molecule has 2 aromatic carbocycles. The van der Waals surface area contributed by atoms with Gasteiger partial charge >= 0.3 is 11.9 Å². The number of benzene rings is 2. The zero-order chi connectivity index (χ0) is 16.7. The van der Waals surface area contributed by atoms with Crippen molar-refractivity contribution in [3.05, 3.63) is 53.6 Å². The maximum atomic E-state index is 12.1. The highest BCUT2D eigenvalue weighted by Crippen LogP contribution is 2.49. The molecule has 5 nitrogen and oxygen atoms in total. The van der Waals surface area contributed by atoms with E-state index < -0.39 is 0 Å². The maximum Gasteiger partial charge on any atom is 0.311 e. The first kappa shape index (κ1) is 14.8. The quantitative estimate of drug-likeness (QED) is 0.627. The van der Waals surface area contributed by atoms with Crippen LogP contribution in [0.25, 0.3) is 0 Å². The molecule has 0 saturated carbocycles. The van der Waals surface area contributed by atoms with Crippen LogP contribution in [-0.2, 0) is 9.59 Å². The van der Waals surface area contributed by atoms with E-state index in [1.54, 1.807) is 19.2 Å². The second kappa shape index (κ2) is 5.67. The van der Waals surface area contributed by atoms with E-state index in [4.69, 9.17) is 14.2 Å². The second-order valence-corrected chi connectivity index (χ2v) is 6.01. The summed E-state index contributed by atoms with van der Waals surface area (Å²) < 4.78 is 15.9. The number of carbonyl (C=O) groups is 2. The van der Waals surface area contributed by atoms with E-state index in [0.29, 0.717) is 17.2 Å². The zero-order valence-electron chi connectivity index (χ0n) is 13.2. The van der Waals surface area contributed by atoms with Crippen molar-refractivity contribution in [1.82, 2.24) is 0 Å². The van der Waals surface area contributed by atoms with Crippen molar-refractivity contribution in [3.8, 4) is 17.2 Å². The smallest absolute Gasteiger partial charge is 0.311 e. The largest absolute Gasteiger partial charge is 0.497 e. The first-order chi connectivity index (χ1) is 11.7. The molecule has 0 N–H and O–H groups in total. The van der Waals surface area contributed by atoms with Gasteiger partial charge in [-0.15, -0.1) is 0 Å². The van der Waals surface area contributed by atoms with Crippen LogP contribution in [-0.4, -0.2) is 19.0 Å². The van der Waals surface area contributed by atoms with Gasteiger partial charge in [-0.05, 0) is 23.3 Å². The minimum absolute atomic E-state index is 0.109. The van der Waals surface area contributed by atoms with Crippen LogP contribution in [0.15, 0.2) is 42.5 Å². The lowest BCUT2D eigenvalue weighted by molar-refractivity contribution is -0.139. The number of esters is 2. The van der Waals surface area contributed by atoms with Crippen LogP contribution in [0.4, 0.5) is 0 Å². The number of para-hydroxylation sites is 1. The summed E-state index contributed by atoms with van der Waals surface area (Å²) >= 11 is 0. The summed E-state index contributed by atoms with van der Waals surface area (Å²) in [7, 11) is 1.57. The van der Waals surface area contributed by atoms with Gasteiger partial charge in [0.25, 0.3) is 0 Å². The lowest BCUT2D eigenvalue weighted by Gasteiger charge is -2.34. The fraction of sp³-hybridized carbons (Fsp3) is 0.263. The number of ether oxygens (including phenoxy) is 3. The molecule has 24 heavy (non-hydrogen) atoms. The molecule has 0 saturated heterocycles. The molecule has 0 fully saturated rings. The number of hydrogen-bond acceptors (Lipinski definition) is 5. The molecule has 0 radical (unpaired) electrons. The van der Waals surface area contributed by atoms with Gasteiger partial charge in [0.15, 0.2) is 0 Å². The number of carbonyl (C=O) groups excluding carboxylic acids is 2. The monoisotopic (exact) mass is 324 g/mol. The molecule has 2 aromatic rings. The van der Waals surface area contributed by atoms with E-state index >= 15 is 0 Å². The van der Waals surface area contributed by atoms with Crippen LogP contribution < -0.4 is 14.2 Å². The average Bonchev–Trinajstić information content (AvgIpc) is 2.59. The number of methoxy groups -OCH3 is 1. The fourth-order valence-corrected chi connectivity index (χ4v) is 3.54. The molecule has 2 heterocycles. The third-order valence-corrected chi connectivity index (χ3v) is 4.65. The van der Waals surface area contributed by atoms with Gasteiger partial charge in [-0.3, -0.25) is 9.59 Å². The molecule has 2 unspecified atom stereocenters. The SMILES string of the molecule is COc1ccc2c(c1)OC(=O)CC2C1CC(=O)Oc2ccccc21. The van der Waals surface area contributed by atoms with E-state index in [2.05, 4.69) is 0 Å². The van der Waals surface area contributed by atoms with Gasteiger partial charge in [0.1, 0.15) is 17.2 Å². The molecule has 2 aliphatic rings. The molecule has 2 aliphatic heterocycles. The fourth-order valence-electron chi connectivity index (χ4n) is 3.54. The Kier molecular flexibility index (Phi) is 3.49. The van der Waals surface area contributed by atoms with Gasteiger partial charge in [0.05, 0.1) is 20.0 Å². The minimum Gasteiger partial charge on any atom is -0.497 e. The van der Waals surface area contributed by atoms with Crippen molar-refractivity contribution < 1.29 is 23.8 Å². The van der Waals surface area contributed by atoms with Gasteiger partial charge in [-0.2, -0.15) is 0 Å². The van der Waals surface area contributed by atoms with E-state index in [1.165, 1.54) is 0 Å². The second-order valence-electron chi connectivity index (χ2n) is 6.01. The van der Waals surface area contributed by atoms with Gasteiger partial charge < -0.3 is 14.2 Å². The third-order valence-electron chi connectivity index (χ3n) is 4.65. The highest BCUT2D eigenvalue weighted by Gasteiger charge is 2.39. The van der Waals surface area contributed by atoms with Crippen molar-refractivity contribution in [2.24, 2.45) is 0 Å². The van der Waals surface area contributed by atoms with Crippen LogP contribution in [0.1, 0.15) is 35.8 Å². The Labute approximate surface area is 139 Å². The lowest BCUT2D eigenvalue weighted by atomic mass is 9.75. The number of rotatable bonds is 2. The summed E-state index contributed by atoms with van der Waals surface area (Å²) in [5.41, 5.74) is 1.88.